The lowest BCUT2D eigenvalue weighted by molar-refractivity contribution is -0.117. The van der Waals surface area contributed by atoms with Crippen LogP contribution < -0.4 is 5.32 Å². The van der Waals surface area contributed by atoms with Gasteiger partial charge in [0.15, 0.2) is 0 Å². The van der Waals surface area contributed by atoms with E-state index in [0.29, 0.717) is 0 Å². The van der Waals surface area contributed by atoms with Crippen molar-refractivity contribution < 1.29 is 4.79 Å². The van der Waals surface area contributed by atoms with Crippen LogP contribution in [0.1, 0.15) is 18.9 Å². The second-order valence-corrected chi connectivity index (χ2v) is 3.64. The first-order chi connectivity index (χ1) is 7.22. The van der Waals surface area contributed by atoms with Gasteiger partial charge in [0.05, 0.1) is 0 Å². The van der Waals surface area contributed by atoms with Gasteiger partial charge >= 0.3 is 0 Å². The zero-order valence-electron chi connectivity index (χ0n) is 9.07. The molecule has 15 heavy (non-hydrogen) atoms. The Hall–Kier alpha value is -1.57. The highest BCUT2D eigenvalue weighted by Gasteiger charge is 2.03. The van der Waals surface area contributed by atoms with E-state index in [1.807, 2.05) is 25.1 Å². The van der Waals surface area contributed by atoms with E-state index in [4.69, 9.17) is 0 Å². The molecule has 2 heteroatoms. The third kappa shape index (κ3) is 4.45. The van der Waals surface area contributed by atoms with Crippen LogP contribution in [0.25, 0.3) is 0 Å². The van der Waals surface area contributed by atoms with Gasteiger partial charge in [-0.3, -0.25) is 4.79 Å². The monoisotopic (exact) mass is 203 g/mol. The van der Waals surface area contributed by atoms with Crippen LogP contribution in [0.3, 0.4) is 0 Å². The summed E-state index contributed by atoms with van der Waals surface area (Å²) in [6.45, 7) is 5.42. The number of hydrogen-bond acceptors (Lipinski definition) is 1. The summed E-state index contributed by atoms with van der Waals surface area (Å²) in [6, 6.07) is 10.5. The molecule has 0 radical (unpaired) electrons. The highest BCUT2D eigenvalue weighted by molar-refractivity contribution is 5.87. The molecule has 0 spiro atoms. The molecule has 1 aromatic carbocycles. The van der Waals surface area contributed by atoms with Crippen LogP contribution in [0.2, 0.25) is 0 Å². The molecule has 1 atom stereocenters. The maximum absolute atomic E-state index is 11.0. The summed E-state index contributed by atoms with van der Waals surface area (Å²) >= 11 is 0. The van der Waals surface area contributed by atoms with Crippen LogP contribution in [-0.4, -0.2) is 11.9 Å². The van der Waals surface area contributed by atoms with Gasteiger partial charge in [0.25, 0.3) is 0 Å². The Bertz CT molecular complexity index is 319. The molecule has 1 rings (SSSR count). The molecule has 1 N–H and O–H groups in total. The van der Waals surface area contributed by atoms with E-state index in [0.717, 1.165) is 12.8 Å². The molecule has 1 unspecified atom stereocenters. The van der Waals surface area contributed by atoms with Crippen LogP contribution >= 0.6 is 0 Å². The summed E-state index contributed by atoms with van der Waals surface area (Å²) in [5, 5.41) is 2.84. The fourth-order valence-corrected chi connectivity index (χ4v) is 1.40. The molecule has 0 fully saturated rings. The lowest BCUT2D eigenvalue weighted by atomic mass is 10.1. The first-order valence-corrected chi connectivity index (χ1v) is 5.19. The van der Waals surface area contributed by atoms with Crippen LogP contribution in [0, 0.1) is 0 Å². The van der Waals surface area contributed by atoms with Gasteiger partial charge in [-0.2, -0.15) is 0 Å². The van der Waals surface area contributed by atoms with Crippen LogP contribution in [0.15, 0.2) is 43.0 Å². The van der Waals surface area contributed by atoms with E-state index in [-0.39, 0.29) is 11.9 Å². The number of benzene rings is 1. The summed E-state index contributed by atoms with van der Waals surface area (Å²) in [6.07, 6.45) is 3.24. The Labute approximate surface area is 91.0 Å². The van der Waals surface area contributed by atoms with Crippen molar-refractivity contribution in [2.24, 2.45) is 0 Å². The molecule has 2 nitrogen and oxygen atoms in total. The minimum absolute atomic E-state index is 0.101. The SMILES string of the molecule is C=CC(=O)NC(C)CCc1ccccc1. The van der Waals surface area contributed by atoms with Crippen molar-refractivity contribution in [2.45, 2.75) is 25.8 Å². The van der Waals surface area contributed by atoms with Gasteiger partial charge in [-0.25, -0.2) is 0 Å². The van der Waals surface area contributed by atoms with Crippen molar-refractivity contribution >= 4 is 5.91 Å². The Kier molecular flexibility index (Phi) is 4.61. The molecule has 1 aromatic rings. The Morgan fingerprint density at radius 2 is 2.13 bits per heavy atom. The molecular formula is C13H17NO. The minimum atomic E-state index is -0.101. The highest BCUT2D eigenvalue weighted by Crippen LogP contribution is 2.04. The predicted octanol–water partition coefficient (Wildman–Crippen LogP) is 2.31. The molecule has 0 aromatic heterocycles. The van der Waals surface area contributed by atoms with Crippen molar-refractivity contribution in [3.05, 3.63) is 48.6 Å². The largest absolute Gasteiger partial charge is 0.350 e. The van der Waals surface area contributed by atoms with E-state index in [9.17, 15) is 4.79 Å². The summed E-state index contributed by atoms with van der Waals surface area (Å²) in [4.78, 5) is 11.0. The Morgan fingerprint density at radius 3 is 2.73 bits per heavy atom. The molecule has 0 aliphatic rings. The van der Waals surface area contributed by atoms with Crippen LogP contribution in [0.4, 0.5) is 0 Å². The number of aryl methyl sites for hydroxylation is 1. The molecule has 0 bridgehead atoms. The van der Waals surface area contributed by atoms with Gasteiger partial charge < -0.3 is 5.32 Å². The normalized spacial score (nSPS) is 11.8. The Morgan fingerprint density at radius 1 is 1.47 bits per heavy atom. The molecule has 0 saturated carbocycles. The van der Waals surface area contributed by atoms with E-state index >= 15 is 0 Å². The number of carbonyl (C=O) groups excluding carboxylic acids is 1. The summed E-state index contributed by atoms with van der Waals surface area (Å²) in [5.74, 6) is -0.101. The van der Waals surface area contributed by atoms with Gasteiger partial charge in [0, 0.05) is 6.04 Å². The molecule has 0 saturated heterocycles. The molecule has 0 aliphatic carbocycles. The fraction of sp³-hybridized carbons (Fsp3) is 0.308. The van der Waals surface area contributed by atoms with Gasteiger partial charge in [-0.05, 0) is 31.4 Å². The zero-order chi connectivity index (χ0) is 11.1. The number of rotatable bonds is 5. The van der Waals surface area contributed by atoms with Crippen molar-refractivity contribution in [3.8, 4) is 0 Å². The summed E-state index contributed by atoms with van der Waals surface area (Å²) in [5.41, 5.74) is 1.30. The number of carbonyl (C=O) groups is 1. The lowest BCUT2D eigenvalue weighted by Crippen LogP contribution is -2.31. The average molecular weight is 203 g/mol. The second kappa shape index (κ2) is 6.02. The predicted molar refractivity (Wildman–Crippen MR) is 62.6 cm³/mol. The fourth-order valence-electron chi connectivity index (χ4n) is 1.40. The van der Waals surface area contributed by atoms with E-state index in [1.165, 1.54) is 11.6 Å². The van der Waals surface area contributed by atoms with Crippen LogP contribution in [-0.2, 0) is 11.2 Å². The second-order valence-electron chi connectivity index (χ2n) is 3.64. The number of nitrogens with one attached hydrogen (secondary N) is 1. The van der Waals surface area contributed by atoms with E-state index in [2.05, 4.69) is 24.0 Å². The third-order valence-corrected chi connectivity index (χ3v) is 2.28. The zero-order valence-corrected chi connectivity index (χ0v) is 9.07. The van der Waals surface area contributed by atoms with E-state index < -0.39 is 0 Å². The lowest BCUT2D eigenvalue weighted by Gasteiger charge is -2.11. The summed E-state index contributed by atoms with van der Waals surface area (Å²) < 4.78 is 0. The van der Waals surface area contributed by atoms with Crippen molar-refractivity contribution in [1.29, 1.82) is 0 Å². The van der Waals surface area contributed by atoms with Gasteiger partial charge in [-0.1, -0.05) is 36.9 Å². The topological polar surface area (TPSA) is 29.1 Å². The maximum Gasteiger partial charge on any atom is 0.243 e. The van der Waals surface area contributed by atoms with Crippen LogP contribution in [0.5, 0.6) is 0 Å². The van der Waals surface area contributed by atoms with E-state index in [1.54, 1.807) is 0 Å². The average Bonchev–Trinajstić information content (AvgIpc) is 2.27. The molecule has 80 valence electrons. The number of amides is 1. The van der Waals surface area contributed by atoms with Gasteiger partial charge in [-0.15, -0.1) is 0 Å². The van der Waals surface area contributed by atoms with Crippen molar-refractivity contribution in [1.82, 2.24) is 5.32 Å². The molecule has 1 amide bonds. The summed E-state index contributed by atoms with van der Waals surface area (Å²) in [7, 11) is 0. The molecule has 0 heterocycles. The standard InChI is InChI=1S/C13H17NO/c1-3-13(15)14-11(2)9-10-12-7-5-4-6-8-12/h3-8,11H,1,9-10H2,2H3,(H,14,15). The highest BCUT2D eigenvalue weighted by atomic mass is 16.1. The smallest absolute Gasteiger partial charge is 0.243 e. The van der Waals surface area contributed by atoms with Crippen molar-refractivity contribution in [3.63, 3.8) is 0 Å². The van der Waals surface area contributed by atoms with Gasteiger partial charge in [0.1, 0.15) is 0 Å². The first-order valence-electron chi connectivity index (χ1n) is 5.19. The number of hydrogen-bond donors (Lipinski definition) is 1. The maximum atomic E-state index is 11.0. The quantitative estimate of drug-likeness (QED) is 0.731. The van der Waals surface area contributed by atoms with Gasteiger partial charge in [0.2, 0.25) is 5.91 Å². The molecule has 0 aliphatic heterocycles. The molecular weight excluding hydrogens is 186 g/mol. The Balaban J connectivity index is 2.31. The minimum Gasteiger partial charge on any atom is -0.350 e. The third-order valence-electron chi connectivity index (χ3n) is 2.28. The van der Waals surface area contributed by atoms with Crippen molar-refractivity contribution in [2.75, 3.05) is 0 Å². The first kappa shape index (κ1) is 11.5.